The van der Waals surface area contributed by atoms with Crippen molar-refractivity contribution in [2.75, 3.05) is 37.7 Å². The van der Waals surface area contributed by atoms with E-state index in [0.29, 0.717) is 25.4 Å². The molecule has 4 heterocycles. The molecule has 0 aliphatic carbocycles. The fraction of sp³-hybridized carbons (Fsp3) is 0.526. The van der Waals surface area contributed by atoms with Gasteiger partial charge >= 0.3 is 0 Å². The van der Waals surface area contributed by atoms with Gasteiger partial charge < -0.3 is 19.1 Å². The highest BCUT2D eigenvalue weighted by atomic mass is 16.5. The second kappa shape index (κ2) is 7.07. The van der Waals surface area contributed by atoms with Crippen LogP contribution in [0.2, 0.25) is 0 Å². The predicted octanol–water partition coefficient (Wildman–Crippen LogP) is 1.94. The lowest BCUT2D eigenvalue weighted by molar-refractivity contribution is -0.0250. The Morgan fingerprint density at radius 1 is 1.19 bits per heavy atom. The first-order valence-electron chi connectivity index (χ1n) is 9.24. The van der Waals surface area contributed by atoms with Crippen LogP contribution in [0.1, 0.15) is 40.8 Å². The van der Waals surface area contributed by atoms with Gasteiger partial charge in [-0.05, 0) is 38.0 Å². The van der Waals surface area contributed by atoms with E-state index < -0.39 is 0 Å². The van der Waals surface area contributed by atoms with E-state index in [4.69, 9.17) is 9.72 Å². The first-order chi connectivity index (χ1) is 12.6. The number of anilines is 1. The van der Waals surface area contributed by atoms with E-state index in [1.54, 1.807) is 6.20 Å². The van der Waals surface area contributed by atoms with Crippen molar-refractivity contribution in [3.05, 3.63) is 41.5 Å². The lowest BCUT2D eigenvalue weighted by Crippen LogP contribution is -2.43. The average molecular weight is 355 g/mol. The molecule has 0 N–H and O–H groups in total. The Morgan fingerprint density at radius 2 is 2.00 bits per heavy atom. The van der Waals surface area contributed by atoms with Crippen LogP contribution in [0.3, 0.4) is 0 Å². The predicted molar refractivity (Wildman–Crippen MR) is 98.2 cm³/mol. The molecule has 0 spiro atoms. The maximum atomic E-state index is 12.9. The molecule has 2 aliphatic rings. The van der Waals surface area contributed by atoms with E-state index in [2.05, 4.69) is 9.88 Å². The third kappa shape index (κ3) is 3.19. The molecule has 0 aromatic carbocycles. The first-order valence-corrected chi connectivity index (χ1v) is 9.24. The summed E-state index contributed by atoms with van der Waals surface area (Å²) in [4.78, 5) is 26.1. The number of amides is 1. The SMILES string of the molecule is Cc1ccc(C(=O)N2CCOC(c3ccnc(N4CCCC4)n3)C2)n1C. The van der Waals surface area contributed by atoms with Crippen LogP contribution in [0, 0.1) is 6.92 Å². The van der Waals surface area contributed by atoms with Crippen molar-refractivity contribution >= 4 is 11.9 Å². The topological polar surface area (TPSA) is 63.5 Å². The molecule has 7 nitrogen and oxygen atoms in total. The molecule has 1 amide bonds. The monoisotopic (exact) mass is 355 g/mol. The summed E-state index contributed by atoms with van der Waals surface area (Å²) in [5.41, 5.74) is 2.63. The minimum Gasteiger partial charge on any atom is -0.368 e. The Balaban J connectivity index is 1.51. The van der Waals surface area contributed by atoms with Crippen molar-refractivity contribution in [2.45, 2.75) is 25.9 Å². The molecular formula is C19H25N5O2. The third-order valence-corrected chi connectivity index (χ3v) is 5.33. The van der Waals surface area contributed by atoms with Crippen LogP contribution in [0.4, 0.5) is 5.95 Å². The molecule has 2 aromatic heterocycles. The largest absolute Gasteiger partial charge is 0.368 e. The van der Waals surface area contributed by atoms with Crippen molar-refractivity contribution in [2.24, 2.45) is 7.05 Å². The lowest BCUT2D eigenvalue weighted by atomic mass is 10.2. The number of rotatable bonds is 3. The zero-order chi connectivity index (χ0) is 18.1. The number of hydrogen-bond donors (Lipinski definition) is 0. The number of nitrogens with zero attached hydrogens (tertiary/aromatic N) is 5. The summed E-state index contributed by atoms with van der Waals surface area (Å²) in [7, 11) is 1.92. The molecule has 2 aromatic rings. The third-order valence-electron chi connectivity index (χ3n) is 5.33. The Kier molecular flexibility index (Phi) is 4.63. The summed E-state index contributed by atoms with van der Waals surface area (Å²) in [6, 6.07) is 5.75. The van der Waals surface area contributed by atoms with Gasteiger partial charge in [0, 0.05) is 38.6 Å². The average Bonchev–Trinajstić information content (AvgIpc) is 3.33. The molecule has 2 fully saturated rings. The van der Waals surface area contributed by atoms with E-state index in [-0.39, 0.29) is 12.0 Å². The van der Waals surface area contributed by atoms with Crippen molar-refractivity contribution in [3.63, 3.8) is 0 Å². The van der Waals surface area contributed by atoms with Crippen LogP contribution in [-0.4, -0.2) is 58.1 Å². The molecule has 1 unspecified atom stereocenters. The zero-order valence-electron chi connectivity index (χ0n) is 15.4. The standard InChI is InChI=1S/C19H25N5O2/c1-14-5-6-16(22(14)2)18(25)24-11-12-26-17(13-24)15-7-8-20-19(21-15)23-9-3-4-10-23/h5-8,17H,3-4,9-13H2,1-2H3. The molecule has 26 heavy (non-hydrogen) atoms. The van der Waals surface area contributed by atoms with Crippen LogP contribution >= 0.6 is 0 Å². The van der Waals surface area contributed by atoms with E-state index in [1.807, 2.05) is 41.6 Å². The van der Waals surface area contributed by atoms with Crippen LogP contribution in [0.15, 0.2) is 24.4 Å². The highest BCUT2D eigenvalue weighted by Gasteiger charge is 2.29. The molecule has 1 atom stereocenters. The van der Waals surface area contributed by atoms with Crippen molar-refractivity contribution in [3.8, 4) is 0 Å². The molecule has 0 radical (unpaired) electrons. The number of carbonyl (C=O) groups excluding carboxylic acids is 1. The van der Waals surface area contributed by atoms with Gasteiger partial charge in [0.15, 0.2) is 0 Å². The molecule has 0 saturated carbocycles. The molecule has 7 heteroatoms. The van der Waals surface area contributed by atoms with Gasteiger partial charge in [-0.15, -0.1) is 0 Å². The van der Waals surface area contributed by atoms with Crippen LogP contribution in [0.5, 0.6) is 0 Å². The quantitative estimate of drug-likeness (QED) is 0.842. The number of ether oxygens (including phenoxy) is 1. The summed E-state index contributed by atoms with van der Waals surface area (Å²) in [5.74, 6) is 0.813. The number of morpholine rings is 1. The van der Waals surface area contributed by atoms with Gasteiger partial charge in [0.2, 0.25) is 5.95 Å². The number of aromatic nitrogens is 3. The van der Waals surface area contributed by atoms with Gasteiger partial charge in [-0.1, -0.05) is 0 Å². The van der Waals surface area contributed by atoms with Gasteiger partial charge in [0.05, 0.1) is 18.8 Å². The van der Waals surface area contributed by atoms with Crippen LogP contribution in [0.25, 0.3) is 0 Å². The summed E-state index contributed by atoms with van der Waals surface area (Å²) in [6.07, 6.45) is 3.96. The molecule has 4 rings (SSSR count). The summed E-state index contributed by atoms with van der Waals surface area (Å²) in [6.45, 7) is 5.64. The molecular weight excluding hydrogens is 330 g/mol. The highest BCUT2D eigenvalue weighted by Crippen LogP contribution is 2.24. The van der Waals surface area contributed by atoms with E-state index in [0.717, 1.165) is 30.4 Å². The van der Waals surface area contributed by atoms with E-state index >= 15 is 0 Å². The van der Waals surface area contributed by atoms with E-state index in [9.17, 15) is 4.79 Å². The summed E-state index contributed by atoms with van der Waals surface area (Å²) >= 11 is 0. The maximum absolute atomic E-state index is 12.9. The van der Waals surface area contributed by atoms with Crippen molar-refractivity contribution in [1.82, 2.24) is 19.4 Å². The van der Waals surface area contributed by atoms with Crippen LogP contribution in [-0.2, 0) is 11.8 Å². The summed E-state index contributed by atoms with van der Waals surface area (Å²) in [5, 5.41) is 0. The Hall–Kier alpha value is -2.41. The number of aryl methyl sites for hydroxylation is 1. The fourth-order valence-electron chi connectivity index (χ4n) is 3.61. The first kappa shape index (κ1) is 17.0. The van der Waals surface area contributed by atoms with Gasteiger partial charge in [0.1, 0.15) is 11.8 Å². The fourth-order valence-corrected chi connectivity index (χ4v) is 3.61. The molecule has 138 valence electrons. The van der Waals surface area contributed by atoms with Gasteiger partial charge in [0.25, 0.3) is 5.91 Å². The van der Waals surface area contributed by atoms with Gasteiger partial charge in [-0.25, -0.2) is 9.97 Å². The van der Waals surface area contributed by atoms with Crippen LogP contribution < -0.4 is 4.90 Å². The Bertz CT molecular complexity index is 797. The Labute approximate surface area is 153 Å². The second-order valence-corrected chi connectivity index (χ2v) is 7.01. The minimum atomic E-state index is -0.210. The zero-order valence-corrected chi connectivity index (χ0v) is 15.4. The van der Waals surface area contributed by atoms with Crippen molar-refractivity contribution in [1.29, 1.82) is 0 Å². The van der Waals surface area contributed by atoms with Gasteiger partial charge in [-0.2, -0.15) is 0 Å². The van der Waals surface area contributed by atoms with E-state index in [1.165, 1.54) is 12.8 Å². The molecule has 0 bridgehead atoms. The van der Waals surface area contributed by atoms with Gasteiger partial charge in [-0.3, -0.25) is 4.79 Å². The Morgan fingerprint density at radius 3 is 2.73 bits per heavy atom. The normalized spacial score (nSPS) is 20.6. The molecule has 2 saturated heterocycles. The second-order valence-electron chi connectivity index (χ2n) is 7.01. The minimum absolute atomic E-state index is 0.0442. The van der Waals surface area contributed by atoms with Crippen molar-refractivity contribution < 1.29 is 9.53 Å². The number of hydrogen-bond acceptors (Lipinski definition) is 5. The smallest absolute Gasteiger partial charge is 0.270 e. The lowest BCUT2D eigenvalue weighted by Gasteiger charge is -2.33. The highest BCUT2D eigenvalue weighted by molar-refractivity contribution is 5.93. The number of carbonyl (C=O) groups is 1. The maximum Gasteiger partial charge on any atom is 0.270 e. The summed E-state index contributed by atoms with van der Waals surface area (Å²) < 4.78 is 7.86. The molecule has 2 aliphatic heterocycles.